The largest absolute Gasteiger partial charge is 0.359 e. The van der Waals surface area contributed by atoms with Crippen molar-refractivity contribution in [3.63, 3.8) is 0 Å². The van der Waals surface area contributed by atoms with Crippen molar-refractivity contribution in [1.29, 1.82) is 0 Å². The average Bonchev–Trinajstić information content (AvgIpc) is 3.63. The smallest absolute Gasteiger partial charge is 0.181 e. The van der Waals surface area contributed by atoms with Gasteiger partial charge in [-0.3, -0.25) is 5.10 Å². The SMILES string of the molecule is C=C/C(=C\C(=C/C)c1cnc2n[nH]c(-c3nc4nccc(-c5cccc(F)c5)c4[nH]3)c2c1)NC(=C)CC1CCCCC1. The van der Waals surface area contributed by atoms with Crippen LogP contribution in [0, 0.1) is 11.7 Å². The second-order valence-electron chi connectivity index (χ2n) is 10.8. The molecule has 42 heavy (non-hydrogen) atoms. The number of aromatic amines is 2. The van der Waals surface area contributed by atoms with E-state index in [1.165, 1.54) is 44.2 Å². The van der Waals surface area contributed by atoms with Crippen LogP contribution in [0.25, 0.3) is 50.4 Å². The number of nitrogens with one attached hydrogen (secondary N) is 3. The van der Waals surface area contributed by atoms with Gasteiger partial charge in [-0.05, 0) is 66.8 Å². The van der Waals surface area contributed by atoms with Crippen molar-refractivity contribution in [3.05, 3.63) is 103 Å². The van der Waals surface area contributed by atoms with Gasteiger partial charge in [0.1, 0.15) is 11.5 Å². The van der Waals surface area contributed by atoms with E-state index in [0.29, 0.717) is 28.7 Å². The molecule has 0 radical (unpaired) electrons. The summed E-state index contributed by atoms with van der Waals surface area (Å²) in [6.45, 7) is 10.3. The first kappa shape index (κ1) is 27.3. The van der Waals surface area contributed by atoms with Crippen LogP contribution in [-0.2, 0) is 0 Å². The Morgan fingerprint density at radius 3 is 2.76 bits per heavy atom. The number of allylic oxidation sites excluding steroid dienone is 5. The van der Waals surface area contributed by atoms with Crippen molar-refractivity contribution in [2.24, 2.45) is 5.92 Å². The molecule has 8 heteroatoms. The number of aromatic nitrogens is 6. The van der Waals surface area contributed by atoms with Crippen molar-refractivity contribution in [3.8, 4) is 22.6 Å². The highest BCUT2D eigenvalue weighted by molar-refractivity contribution is 5.96. The van der Waals surface area contributed by atoms with Crippen LogP contribution in [0.4, 0.5) is 4.39 Å². The normalized spacial score (nSPS) is 14.9. The Kier molecular flexibility index (Phi) is 7.77. The van der Waals surface area contributed by atoms with E-state index in [1.54, 1.807) is 12.3 Å². The molecule has 0 bridgehead atoms. The van der Waals surface area contributed by atoms with Gasteiger partial charge in [0.15, 0.2) is 17.1 Å². The molecule has 5 aromatic rings. The standard InChI is InChI=1S/C34H34FN7/c1-4-23(18-27(5-2)38-21(3)16-22-10-7-6-8-11-22)25-19-29-31(41-42-32(29)37-20-25)34-39-30-28(14-15-36-33(30)40-34)24-12-9-13-26(35)17-24/h4-5,9,12-15,17-20,22,38H,2-3,6-8,10-11,16H2,1H3,(H,36,39,40)(H,37,41,42)/b23-4+,27-18+. The molecule has 4 heterocycles. The van der Waals surface area contributed by atoms with Crippen LogP contribution >= 0.6 is 0 Å². The predicted molar refractivity (Wildman–Crippen MR) is 168 cm³/mol. The van der Waals surface area contributed by atoms with E-state index in [4.69, 9.17) is 4.98 Å². The molecule has 6 rings (SSSR count). The van der Waals surface area contributed by atoms with Crippen molar-refractivity contribution >= 4 is 27.8 Å². The second kappa shape index (κ2) is 11.9. The molecule has 0 amide bonds. The van der Waals surface area contributed by atoms with Gasteiger partial charge in [-0.1, -0.05) is 63.5 Å². The fourth-order valence-electron chi connectivity index (χ4n) is 5.81. The number of pyridine rings is 2. The fourth-order valence-corrected chi connectivity index (χ4v) is 5.81. The van der Waals surface area contributed by atoms with E-state index in [-0.39, 0.29) is 5.82 Å². The maximum atomic E-state index is 14.0. The third-order valence-electron chi connectivity index (χ3n) is 7.93. The first-order valence-electron chi connectivity index (χ1n) is 14.4. The van der Waals surface area contributed by atoms with Crippen LogP contribution in [0.15, 0.2) is 91.6 Å². The van der Waals surface area contributed by atoms with Crippen molar-refractivity contribution in [1.82, 2.24) is 35.5 Å². The Morgan fingerprint density at radius 1 is 1.12 bits per heavy atom. The van der Waals surface area contributed by atoms with E-state index < -0.39 is 0 Å². The molecule has 0 spiro atoms. The summed E-state index contributed by atoms with van der Waals surface area (Å²) >= 11 is 0. The number of nitrogens with zero attached hydrogens (tertiary/aromatic N) is 4. The van der Waals surface area contributed by atoms with Crippen LogP contribution in [-0.4, -0.2) is 30.1 Å². The van der Waals surface area contributed by atoms with Gasteiger partial charge >= 0.3 is 0 Å². The van der Waals surface area contributed by atoms with Crippen LogP contribution in [0.5, 0.6) is 0 Å². The third-order valence-corrected chi connectivity index (χ3v) is 7.93. The predicted octanol–water partition coefficient (Wildman–Crippen LogP) is 8.25. The molecule has 1 aromatic carbocycles. The first-order chi connectivity index (χ1) is 20.5. The van der Waals surface area contributed by atoms with Crippen LogP contribution in [0.1, 0.15) is 51.0 Å². The maximum absolute atomic E-state index is 14.0. The molecule has 0 unspecified atom stereocenters. The maximum Gasteiger partial charge on any atom is 0.181 e. The highest BCUT2D eigenvalue weighted by Crippen LogP contribution is 2.32. The van der Waals surface area contributed by atoms with Gasteiger partial charge in [0, 0.05) is 34.9 Å². The topological polar surface area (TPSA) is 95.2 Å². The molecule has 1 aliphatic carbocycles. The van der Waals surface area contributed by atoms with Crippen LogP contribution in [0.2, 0.25) is 0 Å². The number of benzene rings is 1. The monoisotopic (exact) mass is 559 g/mol. The molecule has 3 N–H and O–H groups in total. The molecule has 0 aliphatic heterocycles. The Morgan fingerprint density at radius 2 is 1.98 bits per heavy atom. The summed E-state index contributed by atoms with van der Waals surface area (Å²) in [5, 5.41) is 11.8. The Labute approximate surface area is 244 Å². The van der Waals surface area contributed by atoms with Gasteiger partial charge in [-0.15, -0.1) is 0 Å². The van der Waals surface area contributed by atoms with E-state index in [1.807, 2.05) is 37.4 Å². The quantitative estimate of drug-likeness (QED) is 0.158. The van der Waals surface area contributed by atoms with Gasteiger partial charge in [-0.2, -0.15) is 5.10 Å². The Hall–Kier alpha value is -4.85. The summed E-state index contributed by atoms with van der Waals surface area (Å²) in [6, 6.07) is 10.4. The fraction of sp³-hybridized carbons (Fsp3) is 0.235. The number of H-pyrrole nitrogens is 2. The average molecular weight is 560 g/mol. The molecular formula is C34H34FN7. The molecule has 1 fully saturated rings. The summed E-state index contributed by atoms with van der Waals surface area (Å²) in [5.41, 5.74) is 7.92. The highest BCUT2D eigenvalue weighted by Gasteiger charge is 2.18. The van der Waals surface area contributed by atoms with Crippen LogP contribution < -0.4 is 5.32 Å². The minimum atomic E-state index is -0.299. The number of hydrogen-bond acceptors (Lipinski definition) is 5. The molecule has 4 aromatic heterocycles. The zero-order valence-corrected chi connectivity index (χ0v) is 23.8. The van der Waals surface area contributed by atoms with Crippen molar-refractivity contribution < 1.29 is 4.39 Å². The number of hydrogen-bond donors (Lipinski definition) is 3. The molecular weight excluding hydrogens is 525 g/mol. The zero-order valence-electron chi connectivity index (χ0n) is 23.8. The molecule has 0 atom stereocenters. The minimum Gasteiger partial charge on any atom is -0.359 e. The number of halogens is 1. The summed E-state index contributed by atoms with van der Waals surface area (Å²) in [5.74, 6) is 0.982. The number of fused-ring (bicyclic) bond motifs is 2. The highest BCUT2D eigenvalue weighted by atomic mass is 19.1. The molecule has 1 aliphatic rings. The van der Waals surface area contributed by atoms with Crippen LogP contribution in [0.3, 0.4) is 0 Å². The van der Waals surface area contributed by atoms with Gasteiger partial charge in [0.05, 0.1) is 10.9 Å². The van der Waals surface area contributed by atoms with Crippen molar-refractivity contribution in [2.75, 3.05) is 0 Å². The lowest BCUT2D eigenvalue weighted by atomic mass is 9.86. The summed E-state index contributed by atoms with van der Waals surface area (Å²) in [6.07, 6.45) is 16.9. The molecule has 7 nitrogen and oxygen atoms in total. The third kappa shape index (κ3) is 5.65. The molecule has 1 saturated carbocycles. The Bertz CT molecular complexity index is 1840. The summed E-state index contributed by atoms with van der Waals surface area (Å²) < 4.78 is 14.0. The second-order valence-corrected chi connectivity index (χ2v) is 10.8. The lowest BCUT2D eigenvalue weighted by Crippen LogP contribution is -2.15. The van der Waals surface area contributed by atoms with Gasteiger partial charge < -0.3 is 10.3 Å². The lowest BCUT2D eigenvalue weighted by molar-refractivity contribution is 0.353. The molecule has 212 valence electrons. The zero-order chi connectivity index (χ0) is 29.1. The van der Waals surface area contributed by atoms with E-state index in [0.717, 1.165) is 51.0 Å². The minimum absolute atomic E-state index is 0.299. The molecule has 0 saturated heterocycles. The Balaban J connectivity index is 1.30. The van der Waals surface area contributed by atoms with E-state index >= 15 is 0 Å². The van der Waals surface area contributed by atoms with Gasteiger partial charge in [-0.25, -0.2) is 19.3 Å². The summed E-state index contributed by atoms with van der Waals surface area (Å²) in [7, 11) is 0. The van der Waals surface area contributed by atoms with E-state index in [9.17, 15) is 4.39 Å². The number of imidazole rings is 1. The number of rotatable bonds is 9. The van der Waals surface area contributed by atoms with Gasteiger partial charge in [0.25, 0.3) is 0 Å². The van der Waals surface area contributed by atoms with Gasteiger partial charge in [0.2, 0.25) is 0 Å². The van der Waals surface area contributed by atoms with E-state index in [2.05, 4.69) is 55.8 Å². The van der Waals surface area contributed by atoms with Crippen molar-refractivity contribution in [2.45, 2.75) is 45.4 Å². The first-order valence-corrected chi connectivity index (χ1v) is 14.4. The summed E-state index contributed by atoms with van der Waals surface area (Å²) in [4.78, 5) is 17.2. The lowest BCUT2D eigenvalue weighted by Gasteiger charge is -2.23.